The van der Waals surface area contributed by atoms with Crippen LogP contribution in [-0.2, 0) is 4.79 Å². The van der Waals surface area contributed by atoms with Gasteiger partial charge in [0.25, 0.3) is 11.6 Å². The second kappa shape index (κ2) is 13.8. The van der Waals surface area contributed by atoms with Crippen molar-refractivity contribution in [1.82, 2.24) is 5.43 Å². The number of hydrogen-bond donors (Lipinski definition) is 1. The molecule has 4 aromatic rings. The van der Waals surface area contributed by atoms with Gasteiger partial charge in [0.1, 0.15) is 11.5 Å². The Hall–Kier alpha value is -5.32. The molecule has 0 saturated heterocycles. The molecule has 0 bridgehead atoms. The Morgan fingerprint density at radius 2 is 1.48 bits per heavy atom. The minimum atomic E-state index is -0.732. The largest absolute Gasteiger partial charge is 0.423 e. The maximum absolute atomic E-state index is 12.6. The summed E-state index contributed by atoms with van der Waals surface area (Å²) in [4.78, 5) is 47.8. The molecule has 42 heavy (non-hydrogen) atoms. The Kier molecular flexibility index (Phi) is 9.77. The number of amides is 1. The number of rotatable bonds is 9. The zero-order chi connectivity index (χ0) is 30.1. The topological polar surface area (TPSA) is 137 Å². The van der Waals surface area contributed by atoms with Crippen LogP contribution in [0.3, 0.4) is 0 Å². The van der Waals surface area contributed by atoms with E-state index in [0.717, 1.165) is 6.08 Å². The van der Waals surface area contributed by atoms with Crippen molar-refractivity contribution in [3.8, 4) is 11.5 Å². The van der Waals surface area contributed by atoms with E-state index in [2.05, 4.69) is 10.5 Å². The molecule has 0 unspecified atom stereocenters. The fourth-order valence-corrected chi connectivity index (χ4v) is 3.96. The lowest BCUT2D eigenvalue weighted by Gasteiger charge is -2.08. The first kappa shape index (κ1) is 29.7. The van der Waals surface area contributed by atoms with Crippen LogP contribution in [0.2, 0.25) is 10.0 Å². The summed E-state index contributed by atoms with van der Waals surface area (Å²) in [5.74, 6) is -1.68. The summed E-state index contributed by atoms with van der Waals surface area (Å²) in [5, 5.41) is 15.3. The van der Waals surface area contributed by atoms with E-state index in [4.69, 9.17) is 32.7 Å². The van der Waals surface area contributed by atoms with Crippen molar-refractivity contribution in [2.45, 2.75) is 0 Å². The Bertz CT molecular complexity index is 1720. The molecule has 0 spiro atoms. The minimum absolute atomic E-state index is 0.115. The molecular formula is C30H19Cl2N3O7. The third-order valence-electron chi connectivity index (χ3n) is 5.51. The van der Waals surface area contributed by atoms with Gasteiger partial charge in [0.05, 0.1) is 27.3 Å². The highest BCUT2D eigenvalue weighted by atomic mass is 35.5. The van der Waals surface area contributed by atoms with Crippen LogP contribution < -0.4 is 14.9 Å². The molecule has 4 aromatic carbocycles. The molecule has 0 radical (unpaired) electrons. The van der Waals surface area contributed by atoms with E-state index in [0.29, 0.717) is 16.1 Å². The highest BCUT2D eigenvalue weighted by molar-refractivity contribution is 6.36. The number of hydrogen-bond acceptors (Lipinski definition) is 8. The number of carbonyl (C=O) groups is 3. The first-order chi connectivity index (χ1) is 20.2. The summed E-state index contributed by atoms with van der Waals surface area (Å²) in [6.07, 6.45) is 3.87. The first-order valence-corrected chi connectivity index (χ1v) is 12.8. The maximum atomic E-state index is 12.6. The normalized spacial score (nSPS) is 10.9. The van der Waals surface area contributed by atoms with Crippen molar-refractivity contribution in [3.05, 3.63) is 139 Å². The molecule has 4 rings (SSSR count). The Labute approximate surface area is 248 Å². The minimum Gasteiger partial charge on any atom is -0.423 e. The Morgan fingerprint density at radius 1 is 0.833 bits per heavy atom. The van der Waals surface area contributed by atoms with Crippen LogP contribution in [0.15, 0.2) is 102 Å². The third kappa shape index (κ3) is 7.87. The second-order valence-electron chi connectivity index (χ2n) is 8.35. The van der Waals surface area contributed by atoms with Crippen LogP contribution in [0.5, 0.6) is 11.5 Å². The molecule has 1 amide bonds. The molecule has 0 saturated carbocycles. The van der Waals surface area contributed by atoms with E-state index in [1.807, 2.05) is 0 Å². The van der Waals surface area contributed by atoms with E-state index >= 15 is 0 Å². The fraction of sp³-hybridized carbons (Fsp3) is 0. The van der Waals surface area contributed by atoms with Crippen molar-refractivity contribution in [3.63, 3.8) is 0 Å². The molecule has 0 aromatic heterocycles. The van der Waals surface area contributed by atoms with Crippen LogP contribution in [0.25, 0.3) is 6.08 Å². The summed E-state index contributed by atoms with van der Waals surface area (Å²) in [7, 11) is 0. The zero-order valence-corrected chi connectivity index (χ0v) is 22.9. The van der Waals surface area contributed by atoms with Crippen molar-refractivity contribution >= 4 is 59.0 Å². The number of nitrogens with zero attached hydrogens (tertiary/aromatic N) is 2. The molecule has 0 aliphatic rings. The van der Waals surface area contributed by atoms with Crippen molar-refractivity contribution in [1.29, 1.82) is 0 Å². The van der Waals surface area contributed by atoms with E-state index in [1.165, 1.54) is 60.8 Å². The summed E-state index contributed by atoms with van der Waals surface area (Å²) in [6.45, 7) is 0. The van der Waals surface area contributed by atoms with Crippen LogP contribution in [-0.4, -0.2) is 29.0 Å². The van der Waals surface area contributed by atoms with Gasteiger partial charge in [0.15, 0.2) is 0 Å². The van der Waals surface area contributed by atoms with Crippen LogP contribution in [0, 0.1) is 10.1 Å². The summed E-state index contributed by atoms with van der Waals surface area (Å²) in [6, 6.07) is 22.4. The van der Waals surface area contributed by atoms with Crippen LogP contribution in [0.4, 0.5) is 5.69 Å². The van der Waals surface area contributed by atoms with Crippen molar-refractivity contribution in [2.75, 3.05) is 0 Å². The molecule has 0 aliphatic carbocycles. The summed E-state index contributed by atoms with van der Waals surface area (Å²) < 4.78 is 10.9. The average molecular weight is 604 g/mol. The second-order valence-corrected chi connectivity index (χ2v) is 9.19. The van der Waals surface area contributed by atoms with Gasteiger partial charge in [0.2, 0.25) is 0 Å². The van der Waals surface area contributed by atoms with E-state index < -0.39 is 22.8 Å². The van der Waals surface area contributed by atoms with Gasteiger partial charge >= 0.3 is 11.9 Å². The molecular weight excluding hydrogens is 585 g/mol. The number of para-hydroxylation sites is 2. The van der Waals surface area contributed by atoms with Crippen LogP contribution in [0.1, 0.15) is 31.8 Å². The van der Waals surface area contributed by atoms with E-state index in [1.54, 1.807) is 42.5 Å². The van der Waals surface area contributed by atoms with Crippen molar-refractivity contribution in [2.24, 2.45) is 5.10 Å². The average Bonchev–Trinajstić information content (AvgIpc) is 2.97. The lowest BCUT2D eigenvalue weighted by molar-refractivity contribution is -0.384. The van der Waals surface area contributed by atoms with Gasteiger partial charge in [-0.2, -0.15) is 5.10 Å². The summed E-state index contributed by atoms with van der Waals surface area (Å²) in [5.41, 5.74) is 3.30. The predicted molar refractivity (Wildman–Crippen MR) is 157 cm³/mol. The quantitative estimate of drug-likeness (QED) is 0.0575. The molecule has 0 fully saturated rings. The number of carbonyl (C=O) groups excluding carboxylic acids is 3. The highest BCUT2D eigenvalue weighted by Crippen LogP contribution is 2.23. The van der Waals surface area contributed by atoms with Gasteiger partial charge in [-0.25, -0.2) is 15.0 Å². The van der Waals surface area contributed by atoms with Crippen molar-refractivity contribution < 1.29 is 28.8 Å². The van der Waals surface area contributed by atoms with Gasteiger partial charge in [-0.15, -0.1) is 0 Å². The number of benzene rings is 4. The number of nitro groups is 1. The molecule has 0 heterocycles. The van der Waals surface area contributed by atoms with Gasteiger partial charge in [-0.1, -0.05) is 53.5 Å². The Balaban J connectivity index is 1.40. The lowest BCUT2D eigenvalue weighted by Crippen LogP contribution is -2.18. The standard InChI is InChI=1S/C30H19Cl2N3O7/c31-22-12-15-24(25(32)17-22)29(37)34-33-18-21-6-2-4-8-27(21)41-28(36)16-11-19-5-1-3-7-26(19)42-30(38)20-9-13-23(14-10-20)35(39)40/h1-18H,(H,34,37)/b16-11+,33-18+. The lowest BCUT2D eigenvalue weighted by atomic mass is 10.1. The molecule has 0 aliphatic heterocycles. The number of halogens is 2. The van der Waals surface area contributed by atoms with Gasteiger partial charge in [-0.3, -0.25) is 14.9 Å². The van der Waals surface area contributed by atoms with E-state index in [9.17, 15) is 24.5 Å². The van der Waals surface area contributed by atoms with Gasteiger partial charge < -0.3 is 9.47 Å². The first-order valence-electron chi connectivity index (χ1n) is 12.0. The predicted octanol–water partition coefficient (Wildman–Crippen LogP) is 6.50. The fourth-order valence-electron chi connectivity index (χ4n) is 3.46. The smallest absolute Gasteiger partial charge is 0.343 e. The monoisotopic (exact) mass is 603 g/mol. The number of nitro benzene ring substituents is 1. The number of non-ortho nitro benzene ring substituents is 1. The van der Waals surface area contributed by atoms with Crippen LogP contribution >= 0.6 is 23.2 Å². The Morgan fingerprint density at radius 3 is 2.14 bits per heavy atom. The number of ether oxygens (including phenoxy) is 2. The number of hydrazone groups is 1. The van der Waals surface area contributed by atoms with E-state index in [-0.39, 0.29) is 33.3 Å². The zero-order valence-electron chi connectivity index (χ0n) is 21.4. The van der Waals surface area contributed by atoms with Gasteiger partial charge in [0, 0.05) is 34.4 Å². The molecule has 0 atom stereocenters. The SMILES string of the molecule is O=C(/C=C/c1ccccc1OC(=O)c1ccc([N+](=O)[O-])cc1)Oc1ccccc1/C=N/NC(=O)c1ccc(Cl)cc1Cl. The summed E-state index contributed by atoms with van der Waals surface area (Å²) >= 11 is 11.9. The molecule has 210 valence electrons. The van der Waals surface area contributed by atoms with Gasteiger partial charge in [-0.05, 0) is 54.6 Å². The number of esters is 2. The maximum Gasteiger partial charge on any atom is 0.343 e. The highest BCUT2D eigenvalue weighted by Gasteiger charge is 2.14. The number of nitrogens with one attached hydrogen (secondary N) is 1. The third-order valence-corrected chi connectivity index (χ3v) is 6.06. The molecule has 10 nitrogen and oxygen atoms in total. The molecule has 12 heteroatoms. The molecule has 1 N–H and O–H groups in total.